The molecule has 2 aromatic carbocycles. The molecule has 1 amide bonds. The molecule has 38 heavy (non-hydrogen) atoms. The van der Waals surface area contributed by atoms with Crippen LogP contribution in [0.3, 0.4) is 0 Å². The predicted octanol–water partition coefficient (Wildman–Crippen LogP) is 4.39. The third-order valence-electron chi connectivity index (χ3n) is 6.63. The lowest BCUT2D eigenvalue weighted by atomic mass is 10.1. The highest BCUT2D eigenvalue weighted by Crippen LogP contribution is 2.42. The normalized spacial score (nSPS) is 26.9. The Morgan fingerprint density at radius 3 is 2.58 bits per heavy atom. The second kappa shape index (κ2) is 11.1. The standard InChI is InChI=1S/C29H37NO8/c1-28(2)34-17-22(36-28)24-25(26-27(35-24)38-29(3,4)37-26)33-18-23(31)30-14-8-5-9-15-32-21-13-12-19-10-6-7-11-20(19)16-21/h6-7,10-13,16-17,24-27H,5,8-9,14-15,18H2,1-4H3,(H,30,31)/t24-,25-,26+,27+/m0/s1. The maximum atomic E-state index is 12.5. The minimum absolute atomic E-state index is 0.125. The van der Waals surface area contributed by atoms with Gasteiger partial charge in [0.15, 0.2) is 17.8 Å². The molecule has 0 bridgehead atoms. The van der Waals surface area contributed by atoms with E-state index in [-0.39, 0.29) is 12.5 Å². The first-order valence-corrected chi connectivity index (χ1v) is 13.3. The van der Waals surface area contributed by atoms with Gasteiger partial charge in [-0.05, 0) is 56.0 Å². The number of hydrogen-bond acceptors (Lipinski definition) is 8. The van der Waals surface area contributed by atoms with Crippen molar-refractivity contribution in [3.05, 3.63) is 54.5 Å². The van der Waals surface area contributed by atoms with Gasteiger partial charge in [0.2, 0.25) is 11.7 Å². The summed E-state index contributed by atoms with van der Waals surface area (Å²) < 4.78 is 41.2. The van der Waals surface area contributed by atoms with Crippen molar-refractivity contribution in [1.29, 1.82) is 0 Å². The molecule has 2 fully saturated rings. The number of nitrogens with one attached hydrogen (secondary N) is 1. The minimum Gasteiger partial charge on any atom is -0.494 e. The number of benzene rings is 2. The molecule has 0 radical (unpaired) electrons. The SMILES string of the molecule is CC1(C)OC=C([C@@H]2O[C@@H]3OC(C)(C)O[C@@H]3[C@H]2OCC(=O)NCCCCCOc2ccc3ccccc3c2)O1. The number of ether oxygens (including phenoxy) is 7. The Morgan fingerprint density at radius 1 is 0.974 bits per heavy atom. The average molecular weight is 528 g/mol. The van der Waals surface area contributed by atoms with Crippen molar-refractivity contribution in [2.45, 2.75) is 83.1 Å². The average Bonchev–Trinajstić information content (AvgIpc) is 3.50. The van der Waals surface area contributed by atoms with E-state index in [0.29, 0.717) is 18.9 Å². The molecule has 9 heteroatoms. The minimum atomic E-state index is -0.803. The number of carbonyl (C=O) groups is 1. The van der Waals surface area contributed by atoms with Crippen molar-refractivity contribution in [1.82, 2.24) is 5.32 Å². The molecule has 0 aromatic heterocycles. The fourth-order valence-corrected chi connectivity index (χ4v) is 4.85. The zero-order chi connectivity index (χ0) is 26.8. The summed E-state index contributed by atoms with van der Waals surface area (Å²) in [6, 6.07) is 14.4. The van der Waals surface area contributed by atoms with E-state index < -0.39 is 36.2 Å². The van der Waals surface area contributed by atoms with Gasteiger partial charge in [0, 0.05) is 20.4 Å². The van der Waals surface area contributed by atoms with Crippen LogP contribution in [0.2, 0.25) is 0 Å². The molecule has 0 spiro atoms. The molecule has 206 valence electrons. The van der Waals surface area contributed by atoms with Gasteiger partial charge in [-0.25, -0.2) is 0 Å². The van der Waals surface area contributed by atoms with Crippen molar-refractivity contribution < 1.29 is 38.0 Å². The maximum Gasteiger partial charge on any atom is 0.246 e. The van der Waals surface area contributed by atoms with Crippen LogP contribution in [0.4, 0.5) is 0 Å². The van der Waals surface area contributed by atoms with E-state index in [1.54, 1.807) is 13.8 Å². The molecule has 3 aliphatic heterocycles. The van der Waals surface area contributed by atoms with Gasteiger partial charge in [-0.1, -0.05) is 30.3 Å². The van der Waals surface area contributed by atoms with Gasteiger partial charge < -0.3 is 38.5 Å². The molecule has 1 N–H and O–H groups in total. The van der Waals surface area contributed by atoms with Crippen LogP contribution < -0.4 is 10.1 Å². The molecule has 3 heterocycles. The predicted molar refractivity (Wildman–Crippen MR) is 139 cm³/mol. The highest BCUT2D eigenvalue weighted by Gasteiger charge is 2.58. The van der Waals surface area contributed by atoms with E-state index in [2.05, 4.69) is 29.6 Å². The number of rotatable bonds is 11. The van der Waals surface area contributed by atoms with Crippen LogP contribution in [-0.2, 0) is 33.2 Å². The Bertz CT molecular complexity index is 1160. The van der Waals surface area contributed by atoms with Gasteiger partial charge in [0.25, 0.3) is 0 Å². The number of amides is 1. The van der Waals surface area contributed by atoms with Crippen LogP contribution in [0, 0.1) is 0 Å². The molecule has 9 nitrogen and oxygen atoms in total. The summed E-state index contributed by atoms with van der Waals surface area (Å²) in [6.07, 6.45) is 1.94. The zero-order valence-corrected chi connectivity index (χ0v) is 22.4. The van der Waals surface area contributed by atoms with Crippen molar-refractivity contribution >= 4 is 16.7 Å². The first kappa shape index (κ1) is 26.7. The van der Waals surface area contributed by atoms with Crippen LogP contribution in [0.1, 0.15) is 47.0 Å². The molecular formula is C29H37NO8. The Hall–Kier alpha value is -2.85. The molecule has 3 aliphatic rings. The molecule has 4 atom stereocenters. The summed E-state index contributed by atoms with van der Waals surface area (Å²) >= 11 is 0. The summed E-state index contributed by atoms with van der Waals surface area (Å²) in [5.74, 6) is -0.427. The van der Waals surface area contributed by atoms with Crippen molar-refractivity contribution in [2.24, 2.45) is 0 Å². The topological polar surface area (TPSA) is 93.7 Å². The number of unbranched alkanes of at least 4 members (excludes halogenated alkanes) is 2. The molecular weight excluding hydrogens is 490 g/mol. The van der Waals surface area contributed by atoms with Crippen LogP contribution >= 0.6 is 0 Å². The van der Waals surface area contributed by atoms with Crippen molar-refractivity contribution in [3.63, 3.8) is 0 Å². The van der Waals surface area contributed by atoms with Gasteiger partial charge in [-0.2, -0.15) is 0 Å². The second-order valence-corrected chi connectivity index (χ2v) is 10.7. The summed E-state index contributed by atoms with van der Waals surface area (Å²) in [7, 11) is 0. The van der Waals surface area contributed by atoms with Crippen LogP contribution in [0.15, 0.2) is 54.5 Å². The lowest BCUT2D eigenvalue weighted by molar-refractivity contribution is -0.220. The fourth-order valence-electron chi connectivity index (χ4n) is 4.85. The Kier molecular flexibility index (Phi) is 7.81. The van der Waals surface area contributed by atoms with E-state index in [0.717, 1.165) is 25.0 Å². The van der Waals surface area contributed by atoms with E-state index in [4.69, 9.17) is 33.2 Å². The lowest BCUT2D eigenvalue weighted by Gasteiger charge is -2.27. The molecule has 2 saturated heterocycles. The summed E-state index contributed by atoms with van der Waals surface area (Å²) in [4.78, 5) is 12.5. The monoisotopic (exact) mass is 527 g/mol. The van der Waals surface area contributed by atoms with E-state index in [1.165, 1.54) is 17.0 Å². The van der Waals surface area contributed by atoms with Gasteiger partial charge in [-0.15, -0.1) is 0 Å². The summed E-state index contributed by atoms with van der Waals surface area (Å²) in [5, 5.41) is 5.29. The number of carbonyl (C=O) groups excluding carboxylic acids is 1. The molecule has 0 unspecified atom stereocenters. The zero-order valence-electron chi connectivity index (χ0n) is 22.4. The van der Waals surface area contributed by atoms with Crippen molar-refractivity contribution in [2.75, 3.05) is 19.8 Å². The molecule has 2 aromatic rings. The second-order valence-electron chi connectivity index (χ2n) is 10.7. The van der Waals surface area contributed by atoms with Crippen LogP contribution in [0.5, 0.6) is 5.75 Å². The number of hydrogen-bond donors (Lipinski definition) is 1. The summed E-state index contributed by atoms with van der Waals surface area (Å²) in [6.45, 7) is 8.33. The van der Waals surface area contributed by atoms with Gasteiger partial charge in [0.1, 0.15) is 36.9 Å². The Labute approximate surface area is 223 Å². The Morgan fingerprint density at radius 2 is 1.79 bits per heavy atom. The van der Waals surface area contributed by atoms with Crippen LogP contribution in [0.25, 0.3) is 10.8 Å². The highest BCUT2D eigenvalue weighted by atomic mass is 16.8. The van der Waals surface area contributed by atoms with Gasteiger partial charge in [-0.3, -0.25) is 4.79 Å². The first-order chi connectivity index (χ1) is 18.2. The van der Waals surface area contributed by atoms with E-state index >= 15 is 0 Å². The first-order valence-electron chi connectivity index (χ1n) is 13.3. The van der Waals surface area contributed by atoms with Gasteiger partial charge in [0.05, 0.1) is 6.61 Å². The summed E-state index contributed by atoms with van der Waals surface area (Å²) in [5.41, 5.74) is 0. The quantitative estimate of drug-likeness (QED) is 0.430. The van der Waals surface area contributed by atoms with E-state index in [9.17, 15) is 4.79 Å². The van der Waals surface area contributed by atoms with Crippen molar-refractivity contribution in [3.8, 4) is 5.75 Å². The van der Waals surface area contributed by atoms with Gasteiger partial charge >= 0.3 is 0 Å². The largest absolute Gasteiger partial charge is 0.494 e. The highest BCUT2D eigenvalue weighted by molar-refractivity contribution is 5.83. The maximum absolute atomic E-state index is 12.5. The van der Waals surface area contributed by atoms with Crippen LogP contribution in [-0.4, -0.2) is 61.8 Å². The Balaban J connectivity index is 1.01. The molecule has 5 rings (SSSR count). The molecule has 0 saturated carbocycles. The van der Waals surface area contributed by atoms with E-state index in [1.807, 2.05) is 32.0 Å². The smallest absolute Gasteiger partial charge is 0.246 e. The third kappa shape index (κ3) is 6.40. The number of fused-ring (bicyclic) bond motifs is 2. The molecule has 0 aliphatic carbocycles. The fraction of sp³-hybridized carbons (Fsp3) is 0.552. The third-order valence-corrected chi connectivity index (χ3v) is 6.63. The lowest BCUT2D eigenvalue weighted by Crippen LogP contribution is -2.41.